The van der Waals surface area contributed by atoms with Crippen LogP contribution in [0.1, 0.15) is 50.7 Å². The van der Waals surface area contributed by atoms with Crippen molar-refractivity contribution in [3.63, 3.8) is 0 Å². The van der Waals surface area contributed by atoms with Gasteiger partial charge in [-0.2, -0.15) is 5.26 Å². The van der Waals surface area contributed by atoms with Gasteiger partial charge in [0.1, 0.15) is 0 Å². The van der Waals surface area contributed by atoms with E-state index in [1.807, 2.05) is 24.3 Å². The molecule has 0 heterocycles. The second-order valence-corrected chi connectivity index (χ2v) is 7.22. The number of nitrogens with zero attached hydrogens (tertiary/aromatic N) is 1. The number of allylic oxidation sites excluding steroid dienone is 5. The summed E-state index contributed by atoms with van der Waals surface area (Å²) >= 11 is 0. The molecule has 0 saturated heterocycles. The first-order valence-electron chi connectivity index (χ1n) is 8.59. The molecule has 23 heavy (non-hydrogen) atoms. The van der Waals surface area contributed by atoms with Crippen molar-refractivity contribution in [3.05, 3.63) is 70.8 Å². The number of nitriles is 1. The van der Waals surface area contributed by atoms with Crippen molar-refractivity contribution < 1.29 is 0 Å². The Morgan fingerprint density at radius 1 is 1.39 bits per heavy atom. The minimum atomic E-state index is 0.282. The van der Waals surface area contributed by atoms with Gasteiger partial charge in [-0.05, 0) is 73.1 Å². The molecule has 2 aliphatic rings. The van der Waals surface area contributed by atoms with E-state index < -0.39 is 0 Å². The van der Waals surface area contributed by atoms with Gasteiger partial charge < -0.3 is 0 Å². The lowest BCUT2D eigenvalue weighted by molar-refractivity contribution is 0.255. The maximum atomic E-state index is 9.27. The third-order valence-electron chi connectivity index (χ3n) is 6.00. The lowest BCUT2D eigenvalue weighted by Crippen LogP contribution is -2.27. The molecule has 1 aromatic rings. The molecule has 118 valence electrons. The van der Waals surface area contributed by atoms with Gasteiger partial charge in [-0.15, -0.1) is 0 Å². The summed E-state index contributed by atoms with van der Waals surface area (Å²) in [6.45, 7) is 8.64. The molecule has 0 N–H and O–H groups in total. The molecule has 0 bridgehead atoms. The number of aryl methyl sites for hydroxylation is 1. The fourth-order valence-electron chi connectivity index (χ4n) is 4.45. The lowest BCUT2D eigenvalue weighted by atomic mass is 9.67. The fraction of sp³-hybridized carbons (Fsp3) is 0.409. The van der Waals surface area contributed by atoms with Crippen LogP contribution in [0.4, 0.5) is 0 Å². The number of fused-ring (bicyclic) bond motifs is 1. The molecule has 1 nitrogen and oxygen atoms in total. The first-order valence-corrected chi connectivity index (χ1v) is 8.59. The van der Waals surface area contributed by atoms with E-state index in [9.17, 15) is 5.26 Å². The standard InChI is InChI=1S/C22H25N/c1-4-17-14-22(3)20(11-12-21(22)13-16(17)2)10-9-18-7-5-6-8-19(18)15-23/h4-8,13,20H,1,9-12,14H2,2-3H3. The molecule has 2 unspecified atom stereocenters. The van der Waals surface area contributed by atoms with Crippen molar-refractivity contribution in [1.29, 1.82) is 5.26 Å². The van der Waals surface area contributed by atoms with Gasteiger partial charge in [-0.3, -0.25) is 0 Å². The second kappa shape index (κ2) is 6.20. The van der Waals surface area contributed by atoms with Crippen LogP contribution in [-0.4, -0.2) is 0 Å². The van der Waals surface area contributed by atoms with Gasteiger partial charge in [-0.25, -0.2) is 0 Å². The molecule has 0 aromatic heterocycles. The van der Waals surface area contributed by atoms with Crippen LogP contribution in [0.5, 0.6) is 0 Å². The Balaban J connectivity index is 1.77. The molecule has 0 amide bonds. The Morgan fingerprint density at radius 2 is 2.17 bits per heavy atom. The normalized spacial score (nSPS) is 26.5. The average molecular weight is 303 g/mol. The van der Waals surface area contributed by atoms with Crippen LogP contribution in [0.15, 0.2) is 59.7 Å². The molecular formula is C22H25N. The maximum absolute atomic E-state index is 9.27. The number of hydrogen-bond acceptors (Lipinski definition) is 1. The quantitative estimate of drug-likeness (QED) is 0.695. The van der Waals surface area contributed by atoms with Crippen LogP contribution in [0.2, 0.25) is 0 Å². The fourth-order valence-corrected chi connectivity index (χ4v) is 4.45. The summed E-state index contributed by atoms with van der Waals surface area (Å²) in [6.07, 6.45) is 10.2. The van der Waals surface area contributed by atoms with E-state index in [1.165, 1.54) is 29.6 Å². The zero-order valence-electron chi connectivity index (χ0n) is 14.2. The average Bonchev–Trinajstić information content (AvgIpc) is 2.88. The summed E-state index contributed by atoms with van der Waals surface area (Å²) in [5, 5.41) is 9.27. The van der Waals surface area contributed by atoms with Crippen LogP contribution >= 0.6 is 0 Å². The molecule has 0 spiro atoms. The van der Waals surface area contributed by atoms with Crippen LogP contribution in [0.3, 0.4) is 0 Å². The second-order valence-electron chi connectivity index (χ2n) is 7.22. The van der Waals surface area contributed by atoms with Gasteiger partial charge in [0.25, 0.3) is 0 Å². The molecule has 2 aliphatic carbocycles. The summed E-state index contributed by atoms with van der Waals surface area (Å²) in [7, 11) is 0. The Labute approximate surface area is 140 Å². The highest BCUT2D eigenvalue weighted by Gasteiger charge is 2.43. The molecule has 1 saturated carbocycles. The van der Waals surface area contributed by atoms with Gasteiger partial charge in [0, 0.05) is 0 Å². The third kappa shape index (κ3) is 2.79. The van der Waals surface area contributed by atoms with E-state index >= 15 is 0 Å². The SMILES string of the molecule is C=CC1=C(C)C=C2CCC(CCc3ccccc3C#N)C2(C)C1. The third-order valence-corrected chi connectivity index (χ3v) is 6.00. The smallest absolute Gasteiger partial charge is 0.0994 e. The molecule has 0 aliphatic heterocycles. The van der Waals surface area contributed by atoms with Gasteiger partial charge in [0.15, 0.2) is 0 Å². The number of rotatable bonds is 4. The van der Waals surface area contributed by atoms with Crippen molar-refractivity contribution >= 4 is 0 Å². The largest absolute Gasteiger partial charge is 0.192 e. The number of benzene rings is 1. The predicted octanol–water partition coefficient (Wildman–Crippen LogP) is 5.74. The maximum Gasteiger partial charge on any atom is 0.0994 e. The zero-order valence-corrected chi connectivity index (χ0v) is 14.2. The highest BCUT2D eigenvalue weighted by atomic mass is 14.5. The van der Waals surface area contributed by atoms with Gasteiger partial charge in [0.2, 0.25) is 0 Å². The summed E-state index contributed by atoms with van der Waals surface area (Å²) in [4.78, 5) is 0. The minimum Gasteiger partial charge on any atom is -0.192 e. The van der Waals surface area contributed by atoms with E-state index in [-0.39, 0.29) is 5.41 Å². The molecule has 1 heteroatoms. The molecule has 0 radical (unpaired) electrons. The molecule has 2 atom stereocenters. The van der Waals surface area contributed by atoms with Crippen molar-refractivity contribution in [3.8, 4) is 6.07 Å². The minimum absolute atomic E-state index is 0.282. The molecule has 1 fully saturated rings. The van der Waals surface area contributed by atoms with Crippen molar-refractivity contribution in [2.45, 2.75) is 46.0 Å². The van der Waals surface area contributed by atoms with Crippen LogP contribution < -0.4 is 0 Å². The first-order chi connectivity index (χ1) is 11.1. The summed E-state index contributed by atoms with van der Waals surface area (Å²) in [6, 6.07) is 10.4. The zero-order chi connectivity index (χ0) is 16.4. The summed E-state index contributed by atoms with van der Waals surface area (Å²) in [5.74, 6) is 0.698. The van der Waals surface area contributed by atoms with Crippen LogP contribution in [0, 0.1) is 22.7 Å². The molecule has 3 rings (SSSR count). The predicted molar refractivity (Wildman–Crippen MR) is 95.9 cm³/mol. The van der Waals surface area contributed by atoms with Crippen molar-refractivity contribution in [1.82, 2.24) is 0 Å². The highest BCUT2D eigenvalue weighted by molar-refractivity contribution is 5.43. The van der Waals surface area contributed by atoms with Gasteiger partial charge >= 0.3 is 0 Å². The Bertz CT molecular complexity index is 729. The Kier molecular flexibility index (Phi) is 4.26. The highest BCUT2D eigenvalue weighted by Crippen LogP contribution is 2.55. The number of hydrogen-bond donors (Lipinski definition) is 0. The van der Waals surface area contributed by atoms with E-state index in [2.05, 4.69) is 38.6 Å². The molecular weight excluding hydrogens is 278 g/mol. The van der Waals surface area contributed by atoms with E-state index in [4.69, 9.17) is 0 Å². The monoisotopic (exact) mass is 303 g/mol. The summed E-state index contributed by atoms with van der Waals surface area (Å²) < 4.78 is 0. The van der Waals surface area contributed by atoms with Crippen molar-refractivity contribution in [2.75, 3.05) is 0 Å². The Morgan fingerprint density at radius 3 is 2.91 bits per heavy atom. The first kappa shape index (κ1) is 15.8. The van der Waals surface area contributed by atoms with E-state index in [0.29, 0.717) is 5.92 Å². The van der Waals surface area contributed by atoms with Gasteiger partial charge in [-0.1, -0.05) is 49.4 Å². The van der Waals surface area contributed by atoms with Crippen LogP contribution in [0.25, 0.3) is 0 Å². The summed E-state index contributed by atoms with van der Waals surface area (Å²) in [5.41, 5.74) is 6.73. The van der Waals surface area contributed by atoms with Crippen LogP contribution in [-0.2, 0) is 6.42 Å². The van der Waals surface area contributed by atoms with Gasteiger partial charge in [0.05, 0.1) is 11.6 Å². The van der Waals surface area contributed by atoms with E-state index in [1.54, 1.807) is 5.57 Å². The topological polar surface area (TPSA) is 23.8 Å². The Hall–Kier alpha value is -2.07. The molecule has 1 aromatic carbocycles. The van der Waals surface area contributed by atoms with Crippen molar-refractivity contribution in [2.24, 2.45) is 11.3 Å². The van der Waals surface area contributed by atoms with E-state index in [0.717, 1.165) is 24.8 Å². The lowest BCUT2D eigenvalue weighted by Gasteiger charge is -2.37.